The summed E-state index contributed by atoms with van der Waals surface area (Å²) in [6.45, 7) is 0. The fourth-order valence-electron chi connectivity index (χ4n) is 3.16. The average molecular weight is 389 g/mol. The molecule has 0 radical (unpaired) electrons. The first-order valence-corrected chi connectivity index (χ1v) is 9.19. The predicted octanol–water partition coefficient (Wildman–Crippen LogP) is 3.63. The summed E-state index contributed by atoms with van der Waals surface area (Å²) in [4.78, 5) is 28.7. The van der Waals surface area contributed by atoms with Crippen molar-refractivity contribution in [2.45, 2.75) is 0 Å². The van der Waals surface area contributed by atoms with E-state index < -0.39 is 4.92 Å². The summed E-state index contributed by atoms with van der Waals surface area (Å²) in [6, 6.07) is 17.2. The number of fused-ring (bicyclic) bond motifs is 3. The van der Waals surface area contributed by atoms with Crippen molar-refractivity contribution < 1.29 is 9.34 Å². The Kier molecular flexibility index (Phi) is 3.59. The van der Waals surface area contributed by atoms with Crippen molar-refractivity contribution in [2.75, 3.05) is 0 Å². The number of nitrogens with zero attached hydrogens (tertiary/aromatic N) is 3. The van der Waals surface area contributed by atoms with Gasteiger partial charge in [0.15, 0.2) is 4.96 Å². The Balaban J connectivity index is 1.63. The van der Waals surface area contributed by atoms with E-state index in [0.717, 1.165) is 11.0 Å². The quantitative estimate of drug-likeness (QED) is 0.347. The van der Waals surface area contributed by atoms with Crippen LogP contribution in [0.4, 0.5) is 5.69 Å². The average Bonchev–Trinajstić information content (AvgIpc) is 3.38. The summed E-state index contributed by atoms with van der Waals surface area (Å²) in [7, 11) is 0. The summed E-state index contributed by atoms with van der Waals surface area (Å²) in [5.41, 5.74) is 1.72. The Morgan fingerprint density at radius 2 is 1.86 bits per heavy atom. The normalized spacial score (nSPS) is 12.2. The van der Waals surface area contributed by atoms with Crippen molar-refractivity contribution in [3.8, 4) is 11.3 Å². The van der Waals surface area contributed by atoms with Gasteiger partial charge in [-0.25, -0.2) is 9.38 Å². The van der Waals surface area contributed by atoms with Gasteiger partial charge in [-0.1, -0.05) is 35.6 Å². The van der Waals surface area contributed by atoms with Crippen LogP contribution in [0.1, 0.15) is 5.76 Å². The molecule has 0 spiro atoms. The molecule has 0 saturated heterocycles. The number of imidazole rings is 1. The van der Waals surface area contributed by atoms with Gasteiger partial charge in [0.25, 0.3) is 11.2 Å². The van der Waals surface area contributed by atoms with Gasteiger partial charge in [-0.2, -0.15) is 0 Å². The second kappa shape index (κ2) is 6.14. The second-order valence-electron chi connectivity index (χ2n) is 6.11. The molecule has 0 aliphatic carbocycles. The van der Waals surface area contributed by atoms with Crippen LogP contribution in [0.5, 0.6) is 0 Å². The molecule has 2 aromatic carbocycles. The lowest BCUT2D eigenvalue weighted by atomic mass is 10.1. The van der Waals surface area contributed by atoms with Gasteiger partial charge in [0.1, 0.15) is 16.1 Å². The van der Waals surface area contributed by atoms with E-state index >= 15 is 0 Å². The van der Waals surface area contributed by atoms with E-state index in [1.54, 1.807) is 40.8 Å². The van der Waals surface area contributed by atoms with Gasteiger partial charge in [-0.05, 0) is 30.3 Å². The zero-order valence-corrected chi connectivity index (χ0v) is 15.1. The Bertz CT molecular complexity index is 1480. The monoisotopic (exact) mass is 389 g/mol. The summed E-state index contributed by atoms with van der Waals surface area (Å²) in [5, 5.41) is 11.2. The minimum absolute atomic E-state index is 0.0334. The number of para-hydroxylation sites is 3. The highest BCUT2D eigenvalue weighted by Crippen LogP contribution is 2.31. The Hall–Kier alpha value is -3.78. The molecule has 0 saturated carbocycles. The van der Waals surface area contributed by atoms with E-state index in [0.29, 0.717) is 26.6 Å². The number of benzene rings is 2. The molecule has 0 unspecified atom stereocenters. The molecule has 3 heterocycles. The molecule has 136 valence electrons. The summed E-state index contributed by atoms with van der Waals surface area (Å²) >= 11 is 1.27. The molecule has 5 aromatic rings. The minimum atomic E-state index is -0.448. The highest BCUT2D eigenvalue weighted by molar-refractivity contribution is 7.15. The highest BCUT2D eigenvalue weighted by atomic mass is 32.1. The summed E-state index contributed by atoms with van der Waals surface area (Å²) in [5.74, 6) is 0.817. The standard InChI is InChI=1S/C20H11N3O4S/c24-19-18(28-20-21-14-6-2-4-8-16(14)22(19)20)11-12-9-10-17(27-12)13-5-1-3-7-15(13)23(25)26/h1-11H/b18-11-. The van der Waals surface area contributed by atoms with Crippen LogP contribution in [0.3, 0.4) is 0 Å². The maximum Gasteiger partial charge on any atom is 0.280 e. The molecule has 7 nitrogen and oxygen atoms in total. The van der Waals surface area contributed by atoms with Crippen molar-refractivity contribution in [1.82, 2.24) is 9.38 Å². The number of thiazole rings is 1. The van der Waals surface area contributed by atoms with Gasteiger partial charge in [0.2, 0.25) is 0 Å². The van der Waals surface area contributed by atoms with Crippen LogP contribution in [0.25, 0.3) is 33.4 Å². The first-order chi connectivity index (χ1) is 13.6. The van der Waals surface area contributed by atoms with Crippen molar-refractivity contribution in [3.05, 3.63) is 91.4 Å². The molecule has 28 heavy (non-hydrogen) atoms. The molecule has 8 heteroatoms. The van der Waals surface area contributed by atoms with Crippen LogP contribution in [-0.4, -0.2) is 14.3 Å². The van der Waals surface area contributed by atoms with Gasteiger partial charge in [0.05, 0.1) is 21.5 Å². The number of rotatable bonds is 3. The third-order valence-electron chi connectivity index (χ3n) is 4.41. The lowest BCUT2D eigenvalue weighted by molar-refractivity contribution is -0.384. The Morgan fingerprint density at radius 1 is 1.07 bits per heavy atom. The molecule has 5 rings (SSSR count). The molecule has 0 N–H and O–H groups in total. The molecule has 0 aliphatic heterocycles. The first-order valence-electron chi connectivity index (χ1n) is 8.37. The van der Waals surface area contributed by atoms with Crippen molar-refractivity contribution in [1.29, 1.82) is 0 Å². The fourth-order valence-corrected chi connectivity index (χ4v) is 4.12. The Labute approximate surface area is 160 Å². The summed E-state index contributed by atoms with van der Waals surface area (Å²) < 4.78 is 7.82. The number of furan rings is 1. The number of aromatic nitrogens is 2. The molecular formula is C20H11N3O4S. The first kappa shape index (κ1) is 16.4. The van der Waals surface area contributed by atoms with E-state index in [9.17, 15) is 14.9 Å². The fraction of sp³-hybridized carbons (Fsp3) is 0. The Morgan fingerprint density at radius 3 is 2.71 bits per heavy atom. The molecule has 0 atom stereocenters. The van der Waals surface area contributed by atoms with Crippen LogP contribution in [0.2, 0.25) is 0 Å². The zero-order chi connectivity index (χ0) is 19.3. The molecule has 0 fully saturated rings. The predicted molar refractivity (Wildman–Crippen MR) is 106 cm³/mol. The van der Waals surface area contributed by atoms with Gasteiger partial charge in [-0.3, -0.25) is 14.9 Å². The molecule has 0 amide bonds. The topological polar surface area (TPSA) is 90.6 Å². The maximum atomic E-state index is 12.8. The van der Waals surface area contributed by atoms with Gasteiger partial charge in [0, 0.05) is 12.1 Å². The number of nitro groups is 1. The molecule has 0 aliphatic rings. The second-order valence-corrected chi connectivity index (χ2v) is 7.12. The number of hydrogen-bond acceptors (Lipinski definition) is 6. The lowest BCUT2D eigenvalue weighted by Crippen LogP contribution is -2.22. The van der Waals surface area contributed by atoms with Crippen molar-refractivity contribution in [3.63, 3.8) is 0 Å². The van der Waals surface area contributed by atoms with Crippen molar-refractivity contribution >= 4 is 39.1 Å². The zero-order valence-electron chi connectivity index (χ0n) is 14.2. The number of hydrogen-bond donors (Lipinski definition) is 0. The lowest BCUT2D eigenvalue weighted by Gasteiger charge is -1.98. The smallest absolute Gasteiger partial charge is 0.280 e. The van der Waals surface area contributed by atoms with E-state index in [1.165, 1.54) is 17.4 Å². The van der Waals surface area contributed by atoms with Crippen LogP contribution < -0.4 is 10.1 Å². The van der Waals surface area contributed by atoms with E-state index in [4.69, 9.17) is 4.42 Å². The third-order valence-corrected chi connectivity index (χ3v) is 5.38. The SMILES string of the molecule is O=c1/c(=C/c2ccc(-c3ccccc3[N+](=O)[O-])o2)sc2nc3ccccc3n12. The van der Waals surface area contributed by atoms with Crippen LogP contribution in [0, 0.1) is 10.1 Å². The largest absolute Gasteiger partial charge is 0.456 e. The van der Waals surface area contributed by atoms with E-state index in [1.807, 2.05) is 24.3 Å². The van der Waals surface area contributed by atoms with Crippen LogP contribution >= 0.6 is 11.3 Å². The third kappa shape index (κ3) is 2.50. The van der Waals surface area contributed by atoms with Crippen LogP contribution in [0.15, 0.2) is 69.9 Å². The molecule has 0 bridgehead atoms. The van der Waals surface area contributed by atoms with Gasteiger partial charge in [-0.15, -0.1) is 0 Å². The molecule has 3 aromatic heterocycles. The van der Waals surface area contributed by atoms with Crippen LogP contribution in [-0.2, 0) is 0 Å². The maximum absolute atomic E-state index is 12.8. The minimum Gasteiger partial charge on any atom is -0.456 e. The van der Waals surface area contributed by atoms with E-state index in [-0.39, 0.29) is 11.2 Å². The highest BCUT2D eigenvalue weighted by Gasteiger charge is 2.17. The summed E-state index contributed by atoms with van der Waals surface area (Å²) in [6.07, 6.45) is 1.63. The van der Waals surface area contributed by atoms with Gasteiger partial charge < -0.3 is 4.42 Å². The molecular weight excluding hydrogens is 378 g/mol. The van der Waals surface area contributed by atoms with Crippen molar-refractivity contribution in [2.24, 2.45) is 0 Å². The number of nitro benzene ring substituents is 1. The van der Waals surface area contributed by atoms with Gasteiger partial charge >= 0.3 is 0 Å². The van der Waals surface area contributed by atoms with E-state index in [2.05, 4.69) is 4.98 Å².